The highest BCUT2D eigenvalue weighted by Gasteiger charge is 2.30. The van der Waals surface area contributed by atoms with Gasteiger partial charge in [-0.25, -0.2) is 4.99 Å². The van der Waals surface area contributed by atoms with E-state index in [0.717, 1.165) is 16.8 Å². The van der Waals surface area contributed by atoms with Crippen LogP contribution < -0.4 is 0 Å². The summed E-state index contributed by atoms with van der Waals surface area (Å²) in [4.78, 5) is 19.5. The van der Waals surface area contributed by atoms with Crippen LogP contribution in [0.25, 0.3) is 17.2 Å². The van der Waals surface area contributed by atoms with Crippen molar-refractivity contribution < 1.29 is 4.79 Å². The average Bonchev–Trinajstić information content (AvgIpc) is 2.99. The summed E-state index contributed by atoms with van der Waals surface area (Å²) in [5, 5.41) is 0.695. The van der Waals surface area contributed by atoms with Crippen molar-refractivity contribution in [2.45, 2.75) is 6.92 Å². The zero-order chi connectivity index (χ0) is 19.5. The number of aryl methyl sites for hydroxylation is 1. The summed E-state index contributed by atoms with van der Waals surface area (Å²) in [5.74, 6) is -0.0250. The minimum atomic E-state index is -0.0250. The van der Waals surface area contributed by atoms with Gasteiger partial charge in [0.25, 0.3) is 5.91 Å². The van der Waals surface area contributed by atoms with Crippen LogP contribution in [0.1, 0.15) is 11.1 Å². The third-order valence-corrected chi connectivity index (χ3v) is 5.64. The fourth-order valence-corrected chi connectivity index (χ4v) is 3.92. The van der Waals surface area contributed by atoms with E-state index in [2.05, 4.69) is 29.3 Å². The van der Waals surface area contributed by atoms with Crippen LogP contribution in [0.15, 0.2) is 88.8 Å². The van der Waals surface area contributed by atoms with Gasteiger partial charge in [0.1, 0.15) is 0 Å². The van der Waals surface area contributed by atoms with E-state index in [-0.39, 0.29) is 5.91 Å². The van der Waals surface area contributed by atoms with Crippen molar-refractivity contribution >= 4 is 34.6 Å². The minimum Gasteiger partial charge on any atom is -0.290 e. The van der Waals surface area contributed by atoms with Gasteiger partial charge in [-0.05, 0) is 53.6 Å². The van der Waals surface area contributed by atoms with Crippen molar-refractivity contribution in [3.8, 4) is 11.1 Å². The van der Waals surface area contributed by atoms with Gasteiger partial charge in [0, 0.05) is 7.05 Å². The molecule has 0 N–H and O–H groups in total. The van der Waals surface area contributed by atoms with Gasteiger partial charge in [-0.2, -0.15) is 0 Å². The quantitative estimate of drug-likeness (QED) is 0.527. The number of carbonyl (C=O) groups is 1. The summed E-state index contributed by atoms with van der Waals surface area (Å²) in [6, 6.07) is 26.5. The van der Waals surface area contributed by atoms with E-state index in [1.54, 1.807) is 11.9 Å². The number of nitrogens with zero attached hydrogens (tertiary/aromatic N) is 2. The molecule has 0 saturated carbocycles. The first-order valence-electron chi connectivity index (χ1n) is 9.08. The maximum Gasteiger partial charge on any atom is 0.266 e. The molecular formula is C24H20N2OS. The zero-order valence-corrected chi connectivity index (χ0v) is 16.6. The molecule has 0 atom stereocenters. The maximum absolute atomic E-state index is 12.6. The first-order chi connectivity index (χ1) is 13.6. The fourth-order valence-electron chi connectivity index (χ4n) is 2.94. The largest absolute Gasteiger partial charge is 0.290 e. The van der Waals surface area contributed by atoms with Gasteiger partial charge in [0.15, 0.2) is 5.17 Å². The van der Waals surface area contributed by atoms with Crippen molar-refractivity contribution in [2.24, 2.45) is 4.99 Å². The number of amidine groups is 1. The lowest BCUT2D eigenvalue weighted by Gasteiger charge is -2.07. The van der Waals surface area contributed by atoms with Crippen LogP contribution in [0.4, 0.5) is 5.69 Å². The number of likely N-dealkylation sites (N-methyl/N-ethyl adjacent to an activating group) is 1. The van der Waals surface area contributed by atoms with Crippen molar-refractivity contribution in [1.29, 1.82) is 0 Å². The van der Waals surface area contributed by atoms with Crippen LogP contribution in [-0.4, -0.2) is 23.0 Å². The Morgan fingerprint density at radius 1 is 0.857 bits per heavy atom. The topological polar surface area (TPSA) is 32.7 Å². The molecule has 4 rings (SSSR count). The fraction of sp³-hybridized carbons (Fsp3) is 0.0833. The highest BCUT2D eigenvalue weighted by atomic mass is 32.2. The molecule has 0 radical (unpaired) electrons. The SMILES string of the molecule is Cc1ccc(N=C2SC(=Cc3ccc(-c4ccccc4)cc3)C(=O)N2C)cc1. The second-order valence-corrected chi connectivity index (χ2v) is 7.70. The number of aliphatic imine (C=N–C) groups is 1. The van der Waals surface area contributed by atoms with E-state index >= 15 is 0 Å². The molecule has 3 nitrogen and oxygen atoms in total. The molecule has 0 spiro atoms. The van der Waals surface area contributed by atoms with Crippen LogP contribution in [-0.2, 0) is 4.79 Å². The first-order valence-corrected chi connectivity index (χ1v) is 9.90. The van der Waals surface area contributed by atoms with Crippen molar-refractivity contribution in [2.75, 3.05) is 7.05 Å². The first kappa shape index (κ1) is 18.3. The van der Waals surface area contributed by atoms with Gasteiger partial charge >= 0.3 is 0 Å². The van der Waals surface area contributed by atoms with E-state index in [1.807, 2.05) is 67.6 Å². The highest BCUT2D eigenvalue weighted by Crippen LogP contribution is 2.33. The number of hydrogen-bond donors (Lipinski definition) is 0. The number of hydrogen-bond acceptors (Lipinski definition) is 3. The van der Waals surface area contributed by atoms with Crippen molar-refractivity contribution in [1.82, 2.24) is 4.90 Å². The molecule has 3 aromatic carbocycles. The van der Waals surface area contributed by atoms with E-state index < -0.39 is 0 Å². The number of amides is 1. The Morgan fingerprint density at radius 3 is 2.18 bits per heavy atom. The molecule has 1 aliphatic heterocycles. The molecule has 4 heteroatoms. The Labute approximate surface area is 169 Å². The second kappa shape index (κ2) is 7.87. The van der Waals surface area contributed by atoms with Crippen molar-refractivity contribution in [3.63, 3.8) is 0 Å². The summed E-state index contributed by atoms with van der Waals surface area (Å²) in [6.07, 6.45) is 1.93. The smallest absolute Gasteiger partial charge is 0.266 e. The van der Waals surface area contributed by atoms with Gasteiger partial charge in [0.2, 0.25) is 0 Å². The molecule has 1 fully saturated rings. The summed E-state index contributed by atoms with van der Waals surface area (Å²) < 4.78 is 0. The van der Waals surface area contributed by atoms with Crippen LogP contribution in [0.3, 0.4) is 0 Å². The van der Waals surface area contributed by atoms with Gasteiger partial charge in [0.05, 0.1) is 10.6 Å². The Balaban J connectivity index is 1.56. The molecule has 0 unspecified atom stereocenters. The summed E-state index contributed by atoms with van der Waals surface area (Å²) in [7, 11) is 1.77. The minimum absolute atomic E-state index is 0.0250. The number of rotatable bonds is 3. The number of carbonyl (C=O) groups excluding carboxylic acids is 1. The van der Waals surface area contributed by atoms with Crippen molar-refractivity contribution in [3.05, 3.63) is 94.9 Å². The van der Waals surface area contributed by atoms with Gasteiger partial charge in [-0.3, -0.25) is 9.69 Å². The predicted molar refractivity (Wildman–Crippen MR) is 118 cm³/mol. The molecule has 0 aromatic heterocycles. The molecule has 138 valence electrons. The molecule has 1 heterocycles. The van der Waals surface area contributed by atoms with Gasteiger partial charge < -0.3 is 0 Å². The number of thioether (sulfide) groups is 1. The summed E-state index contributed by atoms with van der Waals surface area (Å²) in [6.45, 7) is 2.04. The van der Waals surface area contributed by atoms with Crippen LogP contribution in [0, 0.1) is 6.92 Å². The summed E-state index contributed by atoms with van der Waals surface area (Å²) in [5.41, 5.74) is 5.38. The average molecular weight is 385 g/mol. The maximum atomic E-state index is 12.6. The lowest BCUT2D eigenvalue weighted by atomic mass is 10.0. The Hall–Kier alpha value is -3.11. The Morgan fingerprint density at radius 2 is 1.50 bits per heavy atom. The molecule has 1 aliphatic rings. The van der Waals surface area contributed by atoms with Crippen LogP contribution >= 0.6 is 11.8 Å². The normalized spacial score (nSPS) is 16.9. The lowest BCUT2D eigenvalue weighted by molar-refractivity contribution is -0.121. The van der Waals surface area contributed by atoms with Gasteiger partial charge in [-0.15, -0.1) is 0 Å². The molecular weight excluding hydrogens is 364 g/mol. The third kappa shape index (κ3) is 3.92. The van der Waals surface area contributed by atoms with Crippen LogP contribution in [0.5, 0.6) is 0 Å². The van der Waals surface area contributed by atoms with E-state index in [0.29, 0.717) is 10.1 Å². The van der Waals surface area contributed by atoms with E-state index in [1.165, 1.54) is 22.9 Å². The second-order valence-electron chi connectivity index (χ2n) is 6.69. The Bertz CT molecular complexity index is 1050. The van der Waals surface area contributed by atoms with E-state index in [4.69, 9.17) is 0 Å². The third-order valence-electron chi connectivity index (χ3n) is 4.58. The monoisotopic (exact) mass is 384 g/mol. The lowest BCUT2D eigenvalue weighted by Crippen LogP contribution is -2.23. The standard InChI is InChI=1S/C24H20N2OS/c1-17-8-14-21(15-9-17)25-24-26(2)23(27)22(28-24)16-18-10-12-20(13-11-18)19-6-4-3-5-7-19/h3-16H,1-2H3. The Kier molecular flexibility index (Phi) is 5.13. The number of benzene rings is 3. The molecule has 28 heavy (non-hydrogen) atoms. The highest BCUT2D eigenvalue weighted by molar-refractivity contribution is 8.18. The summed E-state index contributed by atoms with van der Waals surface area (Å²) >= 11 is 1.41. The van der Waals surface area contributed by atoms with Gasteiger partial charge in [-0.1, -0.05) is 72.3 Å². The molecule has 3 aromatic rings. The predicted octanol–water partition coefficient (Wildman–Crippen LogP) is 5.90. The molecule has 1 saturated heterocycles. The zero-order valence-electron chi connectivity index (χ0n) is 15.8. The van der Waals surface area contributed by atoms with Crippen LogP contribution in [0.2, 0.25) is 0 Å². The molecule has 0 bridgehead atoms. The molecule has 0 aliphatic carbocycles. The van der Waals surface area contributed by atoms with E-state index in [9.17, 15) is 4.79 Å². The molecule has 1 amide bonds.